The van der Waals surface area contributed by atoms with Crippen molar-refractivity contribution < 1.29 is 13.9 Å². The average Bonchev–Trinajstić information content (AvgIpc) is 2.79. The summed E-state index contributed by atoms with van der Waals surface area (Å²) in [5, 5.41) is 0. The number of ether oxygens (including phenoxy) is 1. The lowest BCUT2D eigenvalue weighted by Gasteiger charge is -2.38. The third-order valence-electron chi connectivity index (χ3n) is 3.07. The first kappa shape index (κ1) is 13.2. The predicted molar refractivity (Wildman–Crippen MR) is 75.7 cm³/mol. The van der Waals surface area contributed by atoms with Gasteiger partial charge in [-0.2, -0.15) is 0 Å². The summed E-state index contributed by atoms with van der Waals surface area (Å²) in [6.07, 6.45) is -0.00773. The van der Waals surface area contributed by atoms with Gasteiger partial charge in [-0.1, -0.05) is 6.07 Å². The molecule has 1 fully saturated rings. The van der Waals surface area contributed by atoms with E-state index in [9.17, 15) is 4.79 Å². The van der Waals surface area contributed by atoms with Crippen molar-refractivity contribution in [3.63, 3.8) is 0 Å². The van der Waals surface area contributed by atoms with Gasteiger partial charge in [-0.15, -0.1) is 0 Å². The van der Waals surface area contributed by atoms with Crippen LogP contribution in [0.15, 0.2) is 39.4 Å². The number of aromatic nitrogens is 1. The minimum absolute atomic E-state index is 0.00773. The van der Waals surface area contributed by atoms with Gasteiger partial charge in [0.15, 0.2) is 10.4 Å². The first-order valence-electron chi connectivity index (χ1n) is 6.27. The van der Waals surface area contributed by atoms with Gasteiger partial charge in [-0.25, -0.2) is 4.98 Å². The monoisotopic (exact) mass is 336 g/mol. The molecule has 0 saturated carbocycles. The average molecular weight is 337 g/mol. The Bertz CT molecular complexity index is 635. The predicted octanol–water partition coefficient (Wildman–Crippen LogP) is 2.65. The summed E-state index contributed by atoms with van der Waals surface area (Å²) in [7, 11) is 0. The molecule has 1 amide bonds. The van der Waals surface area contributed by atoms with E-state index >= 15 is 0 Å². The van der Waals surface area contributed by atoms with Gasteiger partial charge in [0.2, 0.25) is 5.88 Å². The molecule has 3 rings (SSSR count). The molecule has 0 aromatic carbocycles. The first-order valence-corrected chi connectivity index (χ1v) is 7.06. The van der Waals surface area contributed by atoms with Crippen LogP contribution in [0.1, 0.15) is 16.2 Å². The van der Waals surface area contributed by atoms with E-state index in [2.05, 4.69) is 20.9 Å². The Labute approximate surface area is 124 Å². The van der Waals surface area contributed by atoms with Crippen molar-refractivity contribution in [1.82, 2.24) is 9.88 Å². The lowest BCUT2D eigenvalue weighted by atomic mass is 10.1. The number of hydrogen-bond acceptors (Lipinski definition) is 4. The molecule has 2 aromatic rings. The van der Waals surface area contributed by atoms with Gasteiger partial charge in [0.05, 0.1) is 13.1 Å². The van der Waals surface area contributed by atoms with Crippen molar-refractivity contribution in [3.05, 3.63) is 46.5 Å². The van der Waals surface area contributed by atoms with Gasteiger partial charge < -0.3 is 14.1 Å². The highest BCUT2D eigenvalue weighted by Gasteiger charge is 2.34. The second-order valence-electron chi connectivity index (χ2n) is 4.67. The minimum Gasteiger partial charge on any atom is -0.471 e. The van der Waals surface area contributed by atoms with Crippen LogP contribution < -0.4 is 4.74 Å². The Morgan fingerprint density at radius 3 is 2.85 bits per heavy atom. The molecule has 1 aliphatic rings. The molecule has 2 aromatic heterocycles. The van der Waals surface area contributed by atoms with Crippen molar-refractivity contribution in [1.29, 1.82) is 0 Å². The van der Waals surface area contributed by atoms with Gasteiger partial charge >= 0.3 is 0 Å². The smallest absolute Gasteiger partial charge is 0.289 e. The molecule has 1 saturated heterocycles. The maximum absolute atomic E-state index is 12.0. The summed E-state index contributed by atoms with van der Waals surface area (Å²) < 4.78 is 11.5. The number of nitrogens with zero attached hydrogens (tertiary/aromatic N) is 2. The van der Waals surface area contributed by atoms with Gasteiger partial charge in [0.1, 0.15) is 6.10 Å². The van der Waals surface area contributed by atoms with E-state index in [0.717, 1.165) is 5.69 Å². The number of rotatable bonds is 3. The van der Waals surface area contributed by atoms with Crippen LogP contribution in [-0.4, -0.2) is 35.0 Å². The molecule has 0 aliphatic carbocycles. The summed E-state index contributed by atoms with van der Waals surface area (Å²) in [5.41, 5.74) is 0.912. The Morgan fingerprint density at radius 1 is 1.40 bits per heavy atom. The first-order chi connectivity index (χ1) is 9.61. The number of likely N-dealkylation sites (tertiary alicyclic amines) is 1. The lowest BCUT2D eigenvalue weighted by Crippen LogP contribution is -2.56. The fraction of sp³-hybridized carbons (Fsp3) is 0.286. The maximum Gasteiger partial charge on any atom is 0.289 e. The normalized spacial score (nSPS) is 15.0. The number of furan rings is 1. The summed E-state index contributed by atoms with van der Waals surface area (Å²) in [6, 6.07) is 9.00. The summed E-state index contributed by atoms with van der Waals surface area (Å²) in [5.74, 6) is 0.819. The van der Waals surface area contributed by atoms with Crippen molar-refractivity contribution in [3.8, 4) is 5.88 Å². The third kappa shape index (κ3) is 2.70. The van der Waals surface area contributed by atoms with E-state index in [-0.39, 0.29) is 12.0 Å². The molecule has 0 unspecified atom stereocenters. The van der Waals surface area contributed by atoms with Crippen molar-refractivity contribution in [2.45, 2.75) is 13.0 Å². The zero-order valence-electron chi connectivity index (χ0n) is 10.9. The second-order valence-corrected chi connectivity index (χ2v) is 5.45. The van der Waals surface area contributed by atoms with Crippen LogP contribution in [-0.2, 0) is 0 Å². The zero-order valence-corrected chi connectivity index (χ0v) is 12.5. The molecule has 0 atom stereocenters. The van der Waals surface area contributed by atoms with Crippen molar-refractivity contribution in [2.24, 2.45) is 0 Å². The molecule has 0 bridgehead atoms. The highest BCUT2D eigenvalue weighted by atomic mass is 79.9. The van der Waals surface area contributed by atoms with E-state index < -0.39 is 0 Å². The molecule has 5 nitrogen and oxygen atoms in total. The Kier molecular flexibility index (Phi) is 3.48. The van der Waals surface area contributed by atoms with Crippen LogP contribution in [0.5, 0.6) is 5.88 Å². The minimum atomic E-state index is -0.118. The van der Waals surface area contributed by atoms with Crippen LogP contribution in [0.4, 0.5) is 0 Å². The Hall–Kier alpha value is -1.82. The summed E-state index contributed by atoms with van der Waals surface area (Å²) >= 11 is 3.18. The number of carbonyl (C=O) groups is 1. The molecule has 0 spiro atoms. The zero-order chi connectivity index (χ0) is 14.1. The van der Waals surface area contributed by atoms with Crippen molar-refractivity contribution >= 4 is 21.8 Å². The van der Waals surface area contributed by atoms with Crippen LogP contribution in [0.3, 0.4) is 0 Å². The summed E-state index contributed by atoms with van der Waals surface area (Å²) in [4.78, 5) is 18.0. The Morgan fingerprint density at radius 2 is 2.20 bits per heavy atom. The van der Waals surface area contributed by atoms with E-state index in [0.29, 0.717) is 29.4 Å². The highest BCUT2D eigenvalue weighted by molar-refractivity contribution is 9.10. The number of hydrogen-bond donors (Lipinski definition) is 0. The van der Waals surface area contributed by atoms with Crippen LogP contribution >= 0.6 is 15.9 Å². The molecule has 1 aliphatic heterocycles. The number of aryl methyl sites for hydroxylation is 1. The SMILES string of the molecule is Cc1cccc(OC2CN(C(=O)c3ccc(Br)o3)C2)n1. The standard InChI is InChI=1S/C14H13BrN2O3/c1-9-3-2-4-13(16-9)19-10-7-17(8-10)14(18)11-5-6-12(15)20-11/h2-6,10H,7-8H2,1H3. The molecule has 104 valence electrons. The topological polar surface area (TPSA) is 55.6 Å². The largest absolute Gasteiger partial charge is 0.471 e. The van der Waals surface area contributed by atoms with Gasteiger partial charge in [0.25, 0.3) is 5.91 Å². The number of amides is 1. The van der Waals surface area contributed by atoms with E-state index in [1.165, 1.54) is 0 Å². The molecule has 0 N–H and O–H groups in total. The van der Waals surface area contributed by atoms with Crippen LogP contribution in [0, 0.1) is 6.92 Å². The fourth-order valence-electron chi connectivity index (χ4n) is 2.02. The van der Waals surface area contributed by atoms with Crippen molar-refractivity contribution in [2.75, 3.05) is 13.1 Å². The fourth-order valence-corrected chi connectivity index (χ4v) is 2.32. The lowest BCUT2D eigenvalue weighted by molar-refractivity contribution is 0.0137. The van der Waals surface area contributed by atoms with Crippen LogP contribution in [0.2, 0.25) is 0 Å². The number of pyridine rings is 1. The van der Waals surface area contributed by atoms with Gasteiger partial charge in [-0.3, -0.25) is 4.79 Å². The number of carbonyl (C=O) groups excluding carboxylic acids is 1. The molecule has 20 heavy (non-hydrogen) atoms. The maximum atomic E-state index is 12.0. The molecular formula is C14H13BrN2O3. The third-order valence-corrected chi connectivity index (χ3v) is 3.50. The Balaban J connectivity index is 1.55. The van der Waals surface area contributed by atoms with Crippen LogP contribution in [0.25, 0.3) is 0 Å². The second kappa shape index (κ2) is 5.28. The van der Waals surface area contributed by atoms with E-state index in [1.54, 1.807) is 17.0 Å². The van der Waals surface area contributed by atoms with Gasteiger partial charge in [0, 0.05) is 11.8 Å². The molecule has 6 heteroatoms. The highest BCUT2D eigenvalue weighted by Crippen LogP contribution is 2.21. The van der Waals surface area contributed by atoms with Gasteiger partial charge in [-0.05, 0) is 41.1 Å². The van der Waals surface area contributed by atoms with E-state index in [4.69, 9.17) is 9.15 Å². The number of halogens is 1. The quantitative estimate of drug-likeness (QED) is 0.864. The summed E-state index contributed by atoms with van der Waals surface area (Å²) in [6.45, 7) is 3.01. The molecule has 3 heterocycles. The molecule has 0 radical (unpaired) electrons. The van der Waals surface area contributed by atoms with E-state index in [1.807, 2.05) is 25.1 Å². The molecular weight excluding hydrogens is 324 g/mol.